The van der Waals surface area contributed by atoms with Gasteiger partial charge in [0.25, 0.3) is 0 Å². The van der Waals surface area contributed by atoms with Crippen LogP contribution in [0, 0.1) is 6.92 Å². The minimum absolute atomic E-state index is 1.27. The molecule has 0 amide bonds. The summed E-state index contributed by atoms with van der Waals surface area (Å²) in [5, 5.41) is 1.37. The molecule has 0 saturated heterocycles. The number of aromatic nitrogens is 1. The molecule has 1 heterocycles. The molecular formula is C23H18N+. The van der Waals surface area contributed by atoms with Gasteiger partial charge in [-0.25, -0.2) is 0 Å². The van der Waals surface area contributed by atoms with E-state index in [9.17, 15) is 0 Å². The Labute approximate surface area is 141 Å². The fraction of sp³-hybridized carbons (Fsp3) is 0.0870. The van der Waals surface area contributed by atoms with Gasteiger partial charge >= 0.3 is 0 Å². The predicted octanol–water partition coefficient (Wildman–Crippen LogP) is 5.29. The van der Waals surface area contributed by atoms with Crippen LogP contribution in [0.2, 0.25) is 0 Å². The van der Waals surface area contributed by atoms with Crippen LogP contribution in [0.25, 0.3) is 44.4 Å². The lowest BCUT2D eigenvalue weighted by atomic mass is 9.99. The van der Waals surface area contributed by atoms with E-state index >= 15 is 0 Å². The molecule has 5 rings (SSSR count). The van der Waals surface area contributed by atoms with Gasteiger partial charge < -0.3 is 0 Å². The summed E-state index contributed by atoms with van der Waals surface area (Å²) in [6.45, 7) is 2.18. The maximum absolute atomic E-state index is 2.36. The Morgan fingerprint density at radius 1 is 0.625 bits per heavy atom. The molecule has 1 heteroatoms. The first kappa shape index (κ1) is 13.5. The Hall–Kier alpha value is -2.93. The molecule has 1 aliphatic rings. The first-order chi connectivity index (χ1) is 11.8. The lowest BCUT2D eigenvalue weighted by Crippen LogP contribution is -2.32. The van der Waals surface area contributed by atoms with E-state index in [0.29, 0.717) is 0 Å². The SMILES string of the molecule is Cc1ccccc1-c1cc2c3c(cccc3[n+]1C)-c1ccccc1-2. The number of fused-ring (bicyclic) bond motifs is 3. The van der Waals surface area contributed by atoms with Crippen molar-refractivity contribution in [2.45, 2.75) is 6.92 Å². The van der Waals surface area contributed by atoms with Crippen molar-refractivity contribution in [2.24, 2.45) is 7.05 Å². The van der Waals surface area contributed by atoms with Gasteiger partial charge in [0.05, 0.1) is 5.39 Å². The molecule has 0 saturated carbocycles. The third-order valence-electron chi connectivity index (χ3n) is 5.24. The molecule has 114 valence electrons. The Balaban J connectivity index is 1.95. The van der Waals surface area contributed by atoms with Crippen molar-refractivity contribution in [1.29, 1.82) is 0 Å². The topological polar surface area (TPSA) is 3.88 Å². The highest BCUT2D eigenvalue weighted by Gasteiger charge is 2.27. The number of nitrogens with zero attached hydrogens (tertiary/aromatic N) is 1. The van der Waals surface area contributed by atoms with E-state index in [2.05, 4.69) is 91.3 Å². The summed E-state index contributed by atoms with van der Waals surface area (Å²) in [6.07, 6.45) is 0. The van der Waals surface area contributed by atoms with Gasteiger partial charge in [0.1, 0.15) is 7.05 Å². The second-order valence-corrected chi connectivity index (χ2v) is 6.56. The van der Waals surface area contributed by atoms with E-state index in [4.69, 9.17) is 0 Å². The zero-order valence-electron chi connectivity index (χ0n) is 13.9. The molecule has 0 atom stereocenters. The van der Waals surface area contributed by atoms with Crippen molar-refractivity contribution in [3.05, 3.63) is 78.4 Å². The van der Waals surface area contributed by atoms with Crippen molar-refractivity contribution < 1.29 is 4.57 Å². The smallest absolute Gasteiger partial charge is 0.194 e. The van der Waals surface area contributed by atoms with Crippen molar-refractivity contribution >= 4 is 10.9 Å². The highest BCUT2D eigenvalue weighted by Crippen LogP contribution is 2.47. The van der Waals surface area contributed by atoms with Crippen LogP contribution in [0.15, 0.2) is 72.8 Å². The third-order valence-corrected chi connectivity index (χ3v) is 5.24. The minimum atomic E-state index is 1.27. The van der Waals surface area contributed by atoms with Gasteiger partial charge in [-0.1, -0.05) is 54.6 Å². The predicted molar refractivity (Wildman–Crippen MR) is 99.7 cm³/mol. The highest BCUT2D eigenvalue weighted by molar-refractivity contribution is 6.13. The second-order valence-electron chi connectivity index (χ2n) is 6.56. The van der Waals surface area contributed by atoms with Gasteiger partial charge in [-0.2, -0.15) is 4.57 Å². The quantitative estimate of drug-likeness (QED) is 0.371. The molecule has 24 heavy (non-hydrogen) atoms. The molecule has 1 nitrogen and oxygen atoms in total. The van der Waals surface area contributed by atoms with Crippen LogP contribution in [0.5, 0.6) is 0 Å². The van der Waals surface area contributed by atoms with Crippen LogP contribution in [-0.2, 0) is 7.05 Å². The van der Waals surface area contributed by atoms with Crippen LogP contribution in [0.4, 0.5) is 0 Å². The molecule has 0 fully saturated rings. The van der Waals surface area contributed by atoms with Crippen molar-refractivity contribution in [3.63, 3.8) is 0 Å². The largest absolute Gasteiger partial charge is 0.214 e. The monoisotopic (exact) mass is 308 g/mol. The lowest BCUT2D eigenvalue weighted by molar-refractivity contribution is -0.633. The number of benzene rings is 3. The molecule has 4 aromatic rings. The summed E-state index contributed by atoms with van der Waals surface area (Å²) in [4.78, 5) is 0. The van der Waals surface area contributed by atoms with Gasteiger partial charge in [0.15, 0.2) is 0 Å². The molecule has 0 radical (unpaired) electrons. The van der Waals surface area contributed by atoms with Crippen LogP contribution < -0.4 is 4.57 Å². The van der Waals surface area contributed by atoms with E-state index in [-0.39, 0.29) is 0 Å². The number of hydrogen-bond acceptors (Lipinski definition) is 0. The molecule has 3 aromatic carbocycles. The fourth-order valence-corrected chi connectivity index (χ4v) is 4.05. The molecule has 1 aliphatic carbocycles. The summed E-state index contributed by atoms with van der Waals surface area (Å²) in [6, 6.07) is 26.4. The summed E-state index contributed by atoms with van der Waals surface area (Å²) in [7, 11) is 2.17. The Morgan fingerprint density at radius 3 is 2.00 bits per heavy atom. The molecular weight excluding hydrogens is 290 g/mol. The van der Waals surface area contributed by atoms with Crippen molar-refractivity contribution in [1.82, 2.24) is 0 Å². The first-order valence-corrected chi connectivity index (χ1v) is 8.37. The maximum Gasteiger partial charge on any atom is 0.214 e. The van der Waals surface area contributed by atoms with Gasteiger partial charge in [0, 0.05) is 23.3 Å². The zero-order valence-corrected chi connectivity index (χ0v) is 13.9. The number of aryl methyl sites for hydroxylation is 2. The average Bonchev–Trinajstić information content (AvgIpc) is 2.94. The van der Waals surface area contributed by atoms with Crippen LogP contribution in [0.1, 0.15) is 5.56 Å². The molecule has 0 spiro atoms. The fourth-order valence-electron chi connectivity index (χ4n) is 4.05. The van der Waals surface area contributed by atoms with E-state index in [1.807, 2.05) is 0 Å². The molecule has 0 aliphatic heterocycles. The van der Waals surface area contributed by atoms with Crippen LogP contribution >= 0.6 is 0 Å². The molecule has 1 aromatic heterocycles. The number of rotatable bonds is 1. The molecule has 0 unspecified atom stereocenters. The standard InChI is InChI=1S/C23H18N/c1-15-8-3-4-9-16(15)22-14-20-18-11-6-5-10-17(18)19-12-7-13-21(23(19)20)24(22)2/h3-14H,1-2H3/q+1. The van der Waals surface area contributed by atoms with Gasteiger partial charge in [-0.3, -0.25) is 0 Å². The Bertz CT molecular complexity index is 1120. The number of hydrogen-bond donors (Lipinski definition) is 0. The normalized spacial score (nSPS) is 11.8. The summed E-state index contributed by atoms with van der Waals surface area (Å²) in [5.74, 6) is 0. The molecule has 0 bridgehead atoms. The first-order valence-electron chi connectivity index (χ1n) is 8.37. The summed E-state index contributed by atoms with van der Waals surface area (Å²) in [5.41, 5.74) is 10.6. The van der Waals surface area contributed by atoms with Crippen molar-refractivity contribution in [3.8, 4) is 33.5 Å². The molecule has 0 N–H and O–H groups in total. The highest BCUT2D eigenvalue weighted by atomic mass is 14.9. The van der Waals surface area contributed by atoms with E-state index in [1.165, 1.54) is 50.0 Å². The minimum Gasteiger partial charge on any atom is -0.194 e. The zero-order chi connectivity index (χ0) is 16.3. The lowest BCUT2D eigenvalue weighted by Gasteiger charge is -2.08. The summed E-state index contributed by atoms with van der Waals surface area (Å²) >= 11 is 0. The van der Waals surface area contributed by atoms with Crippen LogP contribution in [0.3, 0.4) is 0 Å². The van der Waals surface area contributed by atoms with E-state index < -0.39 is 0 Å². The summed E-state index contributed by atoms with van der Waals surface area (Å²) < 4.78 is 2.33. The van der Waals surface area contributed by atoms with Gasteiger partial charge in [-0.15, -0.1) is 0 Å². The third kappa shape index (κ3) is 1.67. The van der Waals surface area contributed by atoms with Gasteiger partial charge in [0.2, 0.25) is 11.2 Å². The average molecular weight is 308 g/mol. The Kier molecular flexibility index (Phi) is 2.69. The van der Waals surface area contributed by atoms with Gasteiger partial charge in [-0.05, 0) is 35.2 Å². The van der Waals surface area contributed by atoms with Crippen molar-refractivity contribution in [2.75, 3.05) is 0 Å². The van der Waals surface area contributed by atoms with Crippen LogP contribution in [-0.4, -0.2) is 0 Å². The van der Waals surface area contributed by atoms with E-state index in [1.54, 1.807) is 0 Å². The maximum atomic E-state index is 2.36. The Morgan fingerprint density at radius 2 is 1.25 bits per heavy atom. The second kappa shape index (κ2) is 4.78. The van der Waals surface area contributed by atoms with E-state index in [0.717, 1.165) is 0 Å². The number of pyridine rings is 1.